The van der Waals surface area contributed by atoms with Crippen LogP contribution < -0.4 is 4.87 Å². The summed E-state index contributed by atoms with van der Waals surface area (Å²) in [6.07, 6.45) is 0. The predicted molar refractivity (Wildman–Crippen MR) is 82.3 cm³/mol. The van der Waals surface area contributed by atoms with E-state index in [0.29, 0.717) is 21.3 Å². The summed E-state index contributed by atoms with van der Waals surface area (Å²) in [5, 5.41) is 0. The highest BCUT2D eigenvalue weighted by molar-refractivity contribution is 7.16. The third-order valence-corrected chi connectivity index (χ3v) is 4.12. The maximum absolute atomic E-state index is 12.5. The van der Waals surface area contributed by atoms with E-state index in [-0.39, 0.29) is 16.6 Å². The number of aromatic nitrogens is 1. The summed E-state index contributed by atoms with van der Waals surface area (Å²) >= 11 is 0.968. The second kappa shape index (κ2) is 5.10. The summed E-state index contributed by atoms with van der Waals surface area (Å²) in [7, 11) is 0. The monoisotopic (exact) mass is 297 g/mol. The van der Waals surface area contributed by atoms with Crippen LogP contribution in [0.15, 0.2) is 53.3 Å². The van der Waals surface area contributed by atoms with E-state index in [0.717, 1.165) is 15.9 Å². The van der Waals surface area contributed by atoms with Gasteiger partial charge in [-0.2, -0.15) is 0 Å². The van der Waals surface area contributed by atoms with E-state index in [4.69, 9.17) is 0 Å². The molecule has 0 fully saturated rings. The molecule has 0 aliphatic rings. The van der Waals surface area contributed by atoms with Crippen LogP contribution in [0.2, 0.25) is 0 Å². The van der Waals surface area contributed by atoms with Gasteiger partial charge >= 0.3 is 4.87 Å². The van der Waals surface area contributed by atoms with Crippen LogP contribution in [0.25, 0.3) is 10.2 Å². The number of fused-ring (bicyclic) bond motifs is 1. The fourth-order valence-corrected chi connectivity index (χ4v) is 3.05. The van der Waals surface area contributed by atoms with Gasteiger partial charge in [-0.05, 0) is 37.3 Å². The van der Waals surface area contributed by atoms with Gasteiger partial charge in [0, 0.05) is 11.1 Å². The van der Waals surface area contributed by atoms with Crippen molar-refractivity contribution in [2.24, 2.45) is 0 Å². The first-order valence-corrected chi connectivity index (χ1v) is 7.16. The molecule has 1 aromatic heterocycles. The highest BCUT2D eigenvalue weighted by atomic mass is 32.1. The molecule has 21 heavy (non-hydrogen) atoms. The summed E-state index contributed by atoms with van der Waals surface area (Å²) < 4.78 is 1.79. The van der Waals surface area contributed by atoms with Crippen LogP contribution >= 0.6 is 11.3 Å². The molecule has 0 saturated heterocycles. The van der Waals surface area contributed by atoms with Crippen molar-refractivity contribution in [1.82, 2.24) is 4.57 Å². The van der Waals surface area contributed by atoms with Crippen molar-refractivity contribution >= 4 is 33.2 Å². The van der Waals surface area contributed by atoms with Crippen molar-refractivity contribution in [3.63, 3.8) is 0 Å². The summed E-state index contributed by atoms with van der Waals surface area (Å²) in [5.74, 6) is -0.430. The summed E-state index contributed by atoms with van der Waals surface area (Å²) in [6.45, 7) is 1.47. The minimum atomic E-state index is -0.359. The van der Waals surface area contributed by atoms with E-state index >= 15 is 0 Å². The molecule has 0 spiro atoms. The molecule has 0 radical (unpaired) electrons. The van der Waals surface area contributed by atoms with Crippen LogP contribution in [0.5, 0.6) is 0 Å². The van der Waals surface area contributed by atoms with Crippen LogP contribution in [0.4, 0.5) is 0 Å². The predicted octanol–water partition coefficient (Wildman–Crippen LogP) is 2.95. The Hall–Kier alpha value is -2.53. The number of rotatable bonds is 2. The number of carbonyl (C=O) groups excluding carboxylic acids is 2. The van der Waals surface area contributed by atoms with Crippen LogP contribution in [-0.4, -0.2) is 16.3 Å². The molecule has 0 saturated carbocycles. The van der Waals surface area contributed by atoms with Gasteiger partial charge in [0.05, 0.1) is 10.2 Å². The van der Waals surface area contributed by atoms with E-state index in [2.05, 4.69) is 0 Å². The lowest BCUT2D eigenvalue weighted by molar-refractivity contribution is 0.0961. The minimum Gasteiger partial charge on any atom is -0.295 e. The van der Waals surface area contributed by atoms with Gasteiger partial charge in [-0.15, -0.1) is 0 Å². The van der Waals surface area contributed by atoms with Crippen LogP contribution in [0.1, 0.15) is 27.6 Å². The molecule has 0 unspecified atom stereocenters. The number of ketones is 1. The molecule has 2 aromatic carbocycles. The zero-order valence-corrected chi connectivity index (χ0v) is 12.0. The Bertz CT molecular complexity index is 906. The average molecular weight is 297 g/mol. The van der Waals surface area contributed by atoms with Crippen molar-refractivity contribution in [2.45, 2.75) is 6.92 Å². The first-order chi connectivity index (χ1) is 10.1. The molecule has 5 heteroatoms. The van der Waals surface area contributed by atoms with Gasteiger partial charge in [-0.1, -0.05) is 29.5 Å². The quantitative estimate of drug-likeness (QED) is 0.683. The first kappa shape index (κ1) is 13.5. The van der Waals surface area contributed by atoms with Crippen molar-refractivity contribution in [3.05, 3.63) is 69.3 Å². The standard InChI is InChI=1S/C16H11NO3S/c1-10(18)12-7-8-13-14(9-12)21-16(20)17(13)15(19)11-5-3-2-4-6-11/h2-9H,1H3. The van der Waals surface area contributed by atoms with E-state index < -0.39 is 0 Å². The molecule has 4 nitrogen and oxygen atoms in total. The zero-order chi connectivity index (χ0) is 15.0. The van der Waals surface area contributed by atoms with Crippen LogP contribution in [-0.2, 0) is 0 Å². The molecule has 1 heterocycles. The molecular formula is C16H11NO3S. The normalized spacial score (nSPS) is 10.7. The van der Waals surface area contributed by atoms with E-state index in [1.165, 1.54) is 6.92 Å². The van der Waals surface area contributed by atoms with Gasteiger partial charge in [0.15, 0.2) is 5.78 Å². The Morgan fingerprint density at radius 3 is 2.38 bits per heavy atom. The second-order valence-corrected chi connectivity index (χ2v) is 5.61. The molecule has 0 aliphatic heterocycles. The molecule has 0 bridgehead atoms. The number of hydrogen-bond donors (Lipinski definition) is 0. The Morgan fingerprint density at radius 2 is 1.71 bits per heavy atom. The summed E-state index contributed by atoms with van der Waals surface area (Å²) in [4.78, 5) is 35.6. The number of thiazole rings is 1. The fraction of sp³-hybridized carbons (Fsp3) is 0.0625. The fourth-order valence-electron chi connectivity index (χ4n) is 2.14. The highest BCUT2D eigenvalue weighted by Gasteiger charge is 2.16. The number of hydrogen-bond acceptors (Lipinski definition) is 4. The second-order valence-electron chi connectivity index (χ2n) is 4.61. The largest absolute Gasteiger partial charge is 0.315 e. The lowest BCUT2D eigenvalue weighted by Gasteiger charge is -2.03. The van der Waals surface area contributed by atoms with E-state index in [1.54, 1.807) is 42.5 Å². The molecule has 0 N–H and O–H groups in total. The smallest absolute Gasteiger partial charge is 0.295 e. The molecular weight excluding hydrogens is 286 g/mol. The molecule has 0 atom stereocenters. The van der Waals surface area contributed by atoms with Crippen LogP contribution in [0.3, 0.4) is 0 Å². The van der Waals surface area contributed by atoms with Crippen molar-refractivity contribution < 1.29 is 9.59 Å². The number of nitrogens with zero attached hydrogens (tertiary/aromatic N) is 1. The molecule has 104 valence electrons. The Kier molecular flexibility index (Phi) is 3.27. The van der Waals surface area contributed by atoms with Gasteiger partial charge in [0.25, 0.3) is 5.91 Å². The van der Waals surface area contributed by atoms with Crippen molar-refractivity contribution in [1.29, 1.82) is 0 Å². The van der Waals surface area contributed by atoms with Crippen molar-refractivity contribution in [3.8, 4) is 0 Å². The summed E-state index contributed by atoms with van der Waals surface area (Å²) in [5.41, 5.74) is 1.52. The maximum Gasteiger partial charge on any atom is 0.315 e. The Morgan fingerprint density at radius 1 is 1.00 bits per heavy atom. The van der Waals surface area contributed by atoms with E-state index in [9.17, 15) is 14.4 Å². The van der Waals surface area contributed by atoms with Gasteiger partial charge in [0.1, 0.15) is 0 Å². The third-order valence-electron chi connectivity index (χ3n) is 3.21. The Labute approximate surface area is 124 Å². The minimum absolute atomic E-state index is 0.0707. The first-order valence-electron chi connectivity index (χ1n) is 6.34. The lowest BCUT2D eigenvalue weighted by atomic mass is 10.1. The van der Waals surface area contributed by atoms with Gasteiger partial charge in [0.2, 0.25) is 0 Å². The lowest BCUT2D eigenvalue weighted by Crippen LogP contribution is -2.22. The number of benzene rings is 2. The molecule has 3 aromatic rings. The van der Waals surface area contributed by atoms with Gasteiger partial charge < -0.3 is 0 Å². The topological polar surface area (TPSA) is 56.1 Å². The number of carbonyl (C=O) groups is 2. The molecule has 0 aliphatic carbocycles. The van der Waals surface area contributed by atoms with Gasteiger partial charge in [-0.25, -0.2) is 4.57 Å². The SMILES string of the molecule is CC(=O)c1ccc2c(c1)sc(=O)n2C(=O)c1ccccc1. The maximum atomic E-state index is 12.5. The molecule has 3 rings (SSSR count). The van der Waals surface area contributed by atoms with E-state index in [1.807, 2.05) is 6.07 Å². The highest BCUT2D eigenvalue weighted by Crippen LogP contribution is 2.20. The van der Waals surface area contributed by atoms with Crippen LogP contribution in [0, 0.1) is 0 Å². The van der Waals surface area contributed by atoms with Gasteiger partial charge in [-0.3, -0.25) is 14.4 Å². The van der Waals surface area contributed by atoms with Crippen molar-refractivity contribution in [2.75, 3.05) is 0 Å². The molecule has 0 amide bonds. The zero-order valence-electron chi connectivity index (χ0n) is 11.2. The number of Topliss-reactive ketones (excluding diaryl/α,β-unsaturated/α-hetero) is 1. The average Bonchev–Trinajstić information content (AvgIpc) is 2.82. The summed E-state index contributed by atoms with van der Waals surface area (Å²) in [6, 6.07) is 13.6. The third kappa shape index (κ3) is 2.32. The Balaban J connectivity index is 2.20.